The van der Waals surface area contributed by atoms with Crippen molar-refractivity contribution in [3.63, 3.8) is 0 Å². The Morgan fingerprint density at radius 1 is 1.41 bits per heavy atom. The van der Waals surface area contributed by atoms with E-state index >= 15 is 0 Å². The van der Waals surface area contributed by atoms with Crippen molar-refractivity contribution < 1.29 is 13.2 Å². The Labute approximate surface area is 96.7 Å². The molecule has 0 saturated carbocycles. The van der Waals surface area contributed by atoms with Crippen molar-refractivity contribution in [2.75, 3.05) is 11.9 Å². The van der Waals surface area contributed by atoms with E-state index in [4.69, 9.17) is 5.84 Å². The monoisotopic (exact) mass is 246 g/mol. The predicted octanol–water partition coefficient (Wildman–Crippen LogP) is 1.96. The van der Waals surface area contributed by atoms with Gasteiger partial charge < -0.3 is 5.32 Å². The Morgan fingerprint density at radius 3 is 2.65 bits per heavy atom. The lowest BCUT2D eigenvalue weighted by atomic mass is 10.2. The van der Waals surface area contributed by atoms with Crippen LogP contribution in [0.2, 0.25) is 0 Å². The van der Waals surface area contributed by atoms with E-state index in [0.717, 1.165) is 12.1 Å². The van der Waals surface area contributed by atoms with Gasteiger partial charge in [0.1, 0.15) is 0 Å². The lowest BCUT2D eigenvalue weighted by Crippen LogP contribution is -2.36. The van der Waals surface area contributed by atoms with Crippen LogP contribution in [0.4, 0.5) is 18.9 Å². The summed E-state index contributed by atoms with van der Waals surface area (Å²) in [7, 11) is 0. The van der Waals surface area contributed by atoms with Crippen LogP contribution in [-0.2, 0) is 6.18 Å². The third-order valence-electron chi connectivity index (χ3n) is 1.91. The maximum absolute atomic E-state index is 12.4. The minimum Gasteiger partial charge on any atom is -0.325 e. The SMILES string of the molecule is CCN=C(NN)Nc1cccc(C(F)(F)F)c1. The molecule has 0 aliphatic carbocycles. The number of benzene rings is 1. The second-order valence-corrected chi connectivity index (χ2v) is 3.17. The number of guanidine groups is 1. The van der Waals surface area contributed by atoms with Crippen molar-refractivity contribution in [1.82, 2.24) is 5.43 Å². The van der Waals surface area contributed by atoms with E-state index in [1.54, 1.807) is 6.92 Å². The molecule has 4 nitrogen and oxygen atoms in total. The molecule has 0 atom stereocenters. The van der Waals surface area contributed by atoms with Gasteiger partial charge in [0.25, 0.3) is 0 Å². The van der Waals surface area contributed by atoms with Crippen molar-refractivity contribution in [2.24, 2.45) is 10.8 Å². The number of hydrogen-bond acceptors (Lipinski definition) is 2. The standard InChI is InChI=1S/C10H13F3N4/c1-2-15-9(17-14)16-8-5-3-4-7(6-8)10(11,12)13/h3-6H,2,14H2,1H3,(H2,15,16,17). The molecule has 4 N–H and O–H groups in total. The summed E-state index contributed by atoms with van der Waals surface area (Å²) < 4.78 is 37.3. The van der Waals surface area contributed by atoms with Gasteiger partial charge >= 0.3 is 6.18 Å². The quantitative estimate of drug-likeness (QED) is 0.323. The van der Waals surface area contributed by atoms with Crippen molar-refractivity contribution in [2.45, 2.75) is 13.1 Å². The van der Waals surface area contributed by atoms with Gasteiger partial charge in [0.2, 0.25) is 5.96 Å². The Hall–Kier alpha value is -1.76. The number of nitrogens with two attached hydrogens (primary N) is 1. The van der Waals surface area contributed by atoms with E-state index in [1.807, 2.05) is 0 Å². The molecule has 0 amide bonds. The zero-order valence-corrected chi connectivity index (χ0v) is 9.17. The molecule has 0 bridgehead atoms. The number of aliphatic imine (C=N–C) groups is 1. The molecule has 0 aliphatic heterocycles. The minimum absolute atomic E-state index is 0.215. The molecule has 0 unspecified atom stereocenters. The molecular formula is C10H13F3N4. The molecule has 1 aromatic carbocycles. The van der Waals surface area contributed by atoms with Gasteiger partial charge in [0.15, 0.2) is 0 Å². The van der Waals surface area contributed by atoms with Crippen molar-refractivity contribution >= 4 is 11.6 Å². The topological polar surface area (TPSA) is 62.4 Å². The molecule has 0 saturated heterocycles. The van der Waals surface area contributed by atoms with Crippen LogP contribution in [0.3, 0.4) is 0 Å². The summed E-state index contributed by atoms with van der Waals surface area (Å²) in [5.41, 5.74) is 1.81. The summed E-state index contributed by atoms with van der Waals surface area (Å²) in [5, 5.41) is 2.66. The maximum atomic E-state index is 12.4. The summed E-state index contributed by atoms with van der Waals surface area (Å²) in [5.74, 6) is 5.38. The van der Waals surface area contributed by atoms with Crippen LogP contribution in [-0.4, -0.2) is 12.5 Å². The number of rotatable bonds is 2. The third kappa shape index (κ3) is 3.95. The number of alkyl halides is 3. The van der Waals surface area contributed by atoms with Crippen LogP contribution in [0.1, 0.15) is 12.5 Å². The third-order valence-corrected chi connectivity index (χ3v) is 1.91. The largest absolute Gasteiger partial charge is 0.416 e. The summed E-state index contributed by atoms with van der Waals surface area (Å²) >= 11 is 0. The Balaban J connectivity index is 2.89. The predicted molar refractivity (Wildman–Crippen MR) is 60.4 cm³/mol. The average Bonchev–Trinajstić information content (AvgIpc) is 2.28. The highest BCUT2D eigenvalue weighted by molar-refractivity contribution is 5.93. The minimum atomic E-state index is -4.37. The van der Waals surface area contributed by atoms with Crippen LogP contribution in [0.15, 0.2) is 29.3 Å². The second-order valence-electron chi connectivity index (χ2n) is 3.17. The van der Waals surface area contributed by atoms with E-state index in [1.165, 1.54) is 12.1 Å². The number of nitrogens with zero attached hydrogens (tertiary/aromatic N) is 1. The summed E-state index contributed by atoms with van der Waals surface area (Å²) in [6.45, 7) is 2.25. The Kier molecular flexibility index (Phi) is 4.33. The number of anilines is 1. The van der Waals surface area contributed by atoms with Crippen LogP contribution < -0.4 is 16.6 Å². The fourth-order valence-corrected chi connectivity index (χ4v) is 1.19. The molecule has 0 radical (unpaired) electrons. The summed E-state index contributed by atoms with van der Waals surface area (Å²) in [6.07, 6.45) is -4.37. The molecule has 0 spiro atoms. The van der Waals surface area contributed by atoms with E-state index < -0.39 is 11.7 Å². The molecule has 7 heteroatoms. The van der Waals surface area contributed by atoms with E-state index in [0.29, 0.717) is 6.54 Å². The van der Waals surface area contributed by atoms with Gasteiger partial charge in [-0.2, -0.15) is 13.2 Å². The van der Waals surface area contributed by atoms with Gasteiger partial charge in [-0.1, -0.05) is 6.07 Å². The van der Waals surface area contributed by atoms with Crippen LogP contribution >= 0.6 is 0 Å². The molecular weight excluding hydrogens is 233 g/mol. The molecule has 1 aromatic rings. The fraction of sp³-hybridized carbons (Fsp3) is 0.300. The fourth-order valence-electron chi connectivity index (χ4n) is 1.19. The first kappa shape index (κ1) is 13.3. The van der Waals surface area contributed by atoms with E-state index in [-0.39, 0.29) is 11.6 Å². The average molecular weight is 246 g/mol. The number of halogens is 3. The number of nitrogens with one attached hydrogen (secondary N) is 2. The van der Waals surface area contributed by atoms with Crippen molar-refractivity contribution in [3.8, 4) is 0 Å². The van der Waals surface area contributed by atoms with Gasteiger partial charge in [-0.3, -0.25) is 10.4 Å². The first-order valence-electron chi connectivity index (χ1n) is 4.92. The molecule has 17 heavy (non-hydrogen) atoms. The zero-order chi connectivity index (χ0) is 12.9. The molecule has 1 rings (SSSR count). The van der Waals surface area contributed by atoms with E-state index in [2.05, 4.69) is 15.7 Å². The van der Waals surface area contributed by atoms with Crippen LogP contribution in [0, 0.1) is 0 Å². The number of hydrogen-bond donors (Lipinski definition) is 3. The van der Waals surface area contributed by atoms with Crippen molar-refractivity contribution in [1.29, 1.82) is 0 Å². The summed E-state index contributed by atoms with van der Waals surface area (Å²) in [6, 6.07) is 4.79. The van der Waals surface area contributed by atoms with Crippen LogP contribution in [0.5, 0.6) is 0 Å². The molecule has 0 heterocycles. The summed E-state index contributed by atoms with van der Waals surface area (Å²) in [4.78, 5) is 3.92. The molecule has 94 valence electrons. The van der Waals surface area contributed by atoms with Gasteiger partial charge in [0.05, 0.1) is 5.56 Å². The smallest absolute Gasteiger partial charge is 0.325 e. The number of hydrazine groups is 1. The molecule has 0 aliphatic rings. The highest BCUT2D eigenvalue weighted by Gasteiger charge is 2.30. The lowest BCUT2D eigenvalue weighted by Gasteiger charge is -2.11. The van der Waals surface area contributed by atoms with Gasteiger partial charge in [0, 0.05) is 12.2 Å². The van der Waals surface area contributed by atoms with Gasteiger partial charge in [-0.05, 0) is 25.1 Å². The first-order valence-corrected chi connectivity index (χ1v) is 4.92. The van der Waals surface area contributed by atoms with E-state index in [9.17, 15) is 13.2 Å². The molecule has 0 aromatic heterocycles. The van der Waals surface area contributed by atoms with Gasteiger partial charge in [-0.15, -0.1) is 0 Å². The highest BCUT2D eigenvalue weighted by atomic mass is 19.4. The maximum Gasteiger partial charge on any atom is 0.416 e. The zero-order valence-electron chi connectivity index (χ0n) is 9.17. The normalized spacial score (nSPS) is 12.4. The van der Waals surface area contributed by atoms with Gasteiger partial charge in [-0.25, -0.2) is 5.84 Å². The first-order chi connectivity index (χ1) is 7.97. The lowest BCUT2D eigenvalue weighted by molar-refractivity contribution is -0.137. The second kappa shape index (κ2) is 5.53. The Morgan fingerprint density at radius 2 is 2.12 bits per heavy atom. The Bertz CT molecular complexity index is 401. The highest BCUT2D eigenvalue weighted by Crippen LogP contribution is 2.30. The molecule has 0 fully saturated rings. The van der Waals surface area contributed by atoms with Crippen LogP contribution in [0.25, 0.3) is 0 Å². The van der Waals surface area contributed by atoms with Crippen molar-refractivity contribution in [3.05, 3.63) is 29.8 Å².